The summed E-state index contributed by atoms with van der Waals surface area (Å²) in [7, 11) is 4.01. The number of β-amino-alcohol motifs (C(OH)–C–C–N with tert-alkyl or cyclic N) is 1. The number of rotatable bonds is 4. The van der Waals surface area contributed by atoms with Crippen molar-refractivity contribution >= 4 is 5.91 Å². The van der Waals surface area contributed by atoms with Crippen LogP contribution in [0.2, 0.25) is 0 Å². The molecule has 2 fully saturated rings. The number of likely N-dealkylation sites (tertiary alicyclic amines) is 1. The minimum Gasteiger partial charge on any atom is -0.391 e. The molecule has 0 aromatic rings. The van der Waals surface area contributed by atoms with Gasteiger partial charge in [0.25, 0.3) is 0 Å². The fraction of sp³-hybridized carbons (Fsp3) is 0.923. The Morgan fingerprint density at radius 2 is 2.28 bits per heavy atom. The lowest BCUT2D eigenvalue weighted by Gasteiger charge is -2.27. The number of hydrogen-bond donors (Lipinski definition) is 2. The van der Waals surface area contributed by atoms with Crippen LogP contribution in [-0.4, -0.2) is 72.7 Å². The predicted molar refractivity (Wildman–Crippen MR) is 70.3 cm³/mol. The molecule has 5 heteroatoms. The normalized spacial score (nSPS) is 32.4. The van der Waals surface area contributed by atoms with Gasteiger partial charge in [0.05, 0.1) is 6.10 Å². The molecule has 0 spiro atoms. The van der Waals surface area contributed by atoms with Gasteiger partial charge in [0.15, 0.2) is 0 Å². The molecular weight excluding hydrogens is 230 g/mol. The number of carbonyl (C=O) groups is 1. The quantitative estimate of drug-likeness (QED) is 0.721. The molecule has 2 aliphatic heterocycles. The number of likely N-dealkylation sites (N-methyl/N-ethyl adjacent to an activating group) is 1. The summed E-state index contributed by atoms with van der Waals surface area (Å²) < 4.78 is 0. The van der Waals surface area contributed by atoms with Crippen molar-refractivity contribution in [1.82, 2.24) is 15.1 Å². The monoisotopic (exact) mass is 255 g/mol. The van der Waals surface area contributed by atoms with E-state index in [0.717, 1.165) is 19.5 Å². The second-order valence-corrected chi connectivity index (χ2v) is 5.85. The summed E-state index contributed by atoms with van der Waals surface area (Å²) in [5.74, 6) is 0.192. The standard InChI is InChI=1S/C13H25N3O2/c1-15(2)8-11-7-12(17)9-16(11)13(18)6-10-4-3-5-14-10/h10-12,14,17H,3-9H2,1-2H3. The zero-order valence-corrected chi connectivity index (χ0v) is 11.4. The minimum atomic E-state index is -0.351. The number of aliphatic hydroxyl groups is 1. The smallest absolute Gasteiger partial charge is 0.224 e. The van der Waals surface area contributed by atoms with Crippen molar-refractivity contribution in [3.05, 3.63) is 0 Å². The van der Waals surface area contributed by atoms with Crippen molar-refractivity contribution in [3.8, 4) is 0 Å². The first-order valence-electron chi connectivity index (χ1n) is 6.92. The summed E-state index contributed by atoms with van der Waals surface area (Å²) in [6.07, 6.45) is 3.20. The first kappa shape index (κ1) is 13.8. The Kier molecular flexibility index (Phi) is 4.59. The summed E-state index contributed by atoms with van der Waals surface area (Å²) in [6, 6.07) is 0.513. The van der Waals surface area contributed by atoms with Gasteiger partial charge in [0.2, 0.25) is 5.91 Å². The fourth-order valence-electron chi connectivity index (χ4n) is 3.05. The van der Waals surface area contributed by atoms with E-state index in [0.29, 0.717) is 25.4 Å². The maximum absolute atomic E-state index is 12.3. The summed E-state index contributed by atoms with van der Waals surface area (Å²) >= 11 is 0. The SMILES string of the molecule is CN(C)CC1CC(O)CN1C(=O)CC1CCCN1. The molecule has 2 rings (SSSR count). The van der Waals surface area contributed by atoms with Crippen LogP contribution in [0.25, 0.3) is 0 Å². The zero-order chi connectivity index (χ0) is 13.1. The van der Waals surface area contributed by atoms with Gasteiger partial charge in [-0.15, -0.1) is 0 Å². The van der Waals surface area contributed by atoms with E-state index in [9.17, 15) is 9.90 Å². The Balaban J connectivity index is 1.89. The van der Waals surface area contributed by atoms with Crippen LogP contribution in [0.15, 0.2) is 0 Å². The maximum atomic E-state index is 12.3. The van der Waals surface area contributed by atoms with E-state index in [4.69, 9.17) is 0 Å². The first-order valence-corrected chi connectivity index (χ1v) is 6.92. The minimum absolute atomic E-state index is 0.170. The van der Waals surface area contributed by atoms with E-state index in [2.05, 4.69) is 10.2 Å². The highest BCUT2D eigenvalue weighted by molar-refractivity contribution is 5.77. The van der Waals surface area contributed by atoms with Gasteiger partial charge in [-0.05, 0) is 39.9 Å². The topological polar surface area (TPSA) is 55.8 Å². The van der Waals surface area contributed by atoms with Gasteiger partial charge in [0.1, 0.15) is 0 Å². The second kappa shape index (κ2) is 5.99. The maximum Gasteiger partial charge on any atom is 0.224 e. The zero-order valence-electron chi connectivity index (χ0n) is 11.4. The van der Waals surface area contributed by atoms with Gasteiger partial charge < -0.3 is 20.2 Å². The van der Waals surface area contributed by atoms with Crippen LogP contribution < -0.4 is 5.32 Å². The third kappa shape index (κ3) is 3.43. The van der Waals surface area contributed by atoms with Gasteiger partial charge in [-0.1, -0.05) is 0 Å². The van der Waals surface area contributed by atoms with E-state index >= 15 is 0 Å². The van der Waals surface area contributed by atoms with Gasteiger partial charge >= 0.3 is 0 Å². The van der Waals surface area contributed by atoms with Crippen LogP contribution in [-0.2, 0) is 4.79 Å². The number of nitrogens with one attached hydrogen (secondary N) is 1. The lowest BCUT2D eigenvalue weighted by Crippen LogP contribution is -2.43. The van der Waals surface area contributed by atoms with Crippen molar-refractivity contribution in [2.24, 2.45) is 0 Å². The average Bonchev–Trinajstić information content (AvgIpc) is 2.87. The number of hydrogen-bond acceptors (Lipinski definition) is 4. The molecular formula is C13H25N3O2. The number of carbonyl (C=O) groups excluding carboxylic acids is 1. The fourth-order valence-corrected chi connectivity index (χ4v) is 3.05. The Morgan fingerprint density at radius 3 is 2.89 bits per heavy atom. The molecule has 0 aliphatic carbocycles. The van der Waals surface area contributed by atoms with Crippen LogP contribution in [0.5, 0.6) is 0 Å². The van der Waals surface area contributed by atoms with E-state index in [1.807, 2.05) is 19.0 Å². The first-order chi connectivity index (χ1) is 8.56. The Hall–Kier alpha value is -0.650. The summed E-state index contributed by atoms with van der Waals surface area (Å²) in [6.45, 7) is 2.37. The van der Waals surface area contributed by atoms with Crippen molar-refractivity contribution in [3.63, 3.8) is 0 Å². The van der Waals surface area contributed by atoms with Crippen molar-refractivity contribution in [2.75, 3.05) is 33.7 Å². The lowest BCUT2D eigenvalue weighted by atomic mass is 10.1. The molecule has 2 saturated heterocycles. The molecule has 104 valence electrons. The van der Waals surface area contributed by atoms with Gasteiger partial charge in [-0.3, -0.25) is 4.79 Å². The summed E-state index contributed by atoms with van der Waals surface area (Å²) in [5.41, 5.74) is 0. The predicted octanol–water partition coefficient (Wildman–Crippen LogP) is -0.348. The van der Waals surface area contributed by atoms with Crippen LogP contribution in [0, 0.1) is 0 Å². The van der Waals surface area contributed by atoms with Crippen molar-refractivity contribution in [2.45, 2.75) is 43.9 Å². The molecule has 0 aromatic carbocycles. The molecule has 0 aromatic heterocycles. The van der Waals surface area contributed by atoms with Crippen LogP contribution in [0.1, 0.15) is 25.7 Å². The molecule has 5 nitrogen and oxygen atoms in total. The van der Waals surface area contributed by atoms with Crippen LogP contribution in [0.3, 0.4) is 0 Å². The van der Waals surface area contributed by atoms with Crippen molar-refractivity contribution in [1.29, 1.82) is 0 Å². The molecule has 2 heterocycles. The Morgan fingerprint density at radius 1 is 1.50 bits per heavy atom. The highest BCUT2D eigenvalue weighted by Gasteiger charge is 2.35. The molecule has 3 atom stereocenters. The third-order valence-corrected chi connectivity index (χ3v) is 3.87. The molecule has 2 N–H and O–H groups in total. The Labute approximate surface area is 109 Å². The van der Waals surface area contributed by atoms with Crippen LogP contribution >= 0.6 is 0 Å². The van der Waals surface area contributed by atoms with E-state index < -0.39 is 0 Å². The summed E-state index contributed by atoms with van der Waals surface area (Å²) in [4.78, 5) is 16.3. The molecule has 1 amide bonds. The molecule has 0 saturated carbocycles. The lowest BCUT2D eigenvalue weighted by molar-refractivity contribution is -0.133. The van der Waals surface area contributed by atoms with E-state index in [1.54, 1.807) is 0 Å². The third-order valence-electron chi connectivity index (χ3n) is 3.87. The number of nitrogens with zero attached hydrogens (tertiary/aromatic N) is 2. The van der Waals surface area contributed by atoms with Gasteiger partial charge in [-0.2, -0.15) is 0 Å². The molecule has 0 bridgehead atoms. The Bertz CT molecular complexity index is 290. The van der Waals surface area contributed by atoms with Gasteiger partial charge in [0, 0.05) is 31.6 Å². The van der Waals surface area contributed by atoms with E-state index in [1.165, 1.54) is 6.42 Å². The second-order valence-electron chi connectivity index (χ2n) is 5.85. The molecule has 0 radical (unpaired) electrons. The van der Waals surface area contributed by atoms with Gasteiger partial charge in [-0.25, -0.2) is 0 Å². The van der Waals surface area contributed by atoms with Crippen molar-refractivity contribution < 1.29 is 9.90 Å². The number of amides is 1. The molecule has 2 aliphatic rings. The molecule has 18 heavy (non-hydrogen) atoms. The highest BCUT2D eigenvalue weighted by Crippen LogP contribution is 2.21. The molecule has 3 unspecified atom stereocenters. The van der Waals surface area contributed by atoms with E-state index in [-0.39, 0.29) is 18.1 Å². The highest BCUT2D eigenvalue weighted by atomic mass is 16.3. The number of aliphatic hydroxyl groups excluding tert-OH is 1. The largest absolute Gasteiger partial charge is 0.391 e. The summed E-state index contributed by atoms with van der Waals surface area (Å²) in [5, 5.41) is 13.1. The van der Waals surface area contributed by atoms with Crippen LogP contribution in [0.4, 0.5) is 0 Å². The average molecular weight is 255 g/mol.